The number of nitrogens with zero attached hydrogens (tertiary/aromatic N) is 4. The number of nitrogen functional groups attached to an aromatic ring is 1. The number of imidazole rings is 1. The Labute approximate surface area is 182 Å². The van der Waals surface area contributed by atoms with Crippen molar-refractivity contribution in [1.82, 2.24) is 19.5 Å². The standard InChI is InChI=1S/C20H25N5O7/c21-20-23-17-13(18(24-20)31-9-11-4-2-1-3-5-11)22-10-25(17)6-7-30-19-16(29)15(28)14(27)12(8-26)32-19/h1-5,10,12,14-16,19,26-29H,6-9H2,(H2,21,23,24)/t12-,14-,15+,16-,19-/m1/s1. The molecule has 32 heavy (non-hydrogen) atoms. The number of aliphatic hydroxyl groups is 4. The van der Waals surface area contributed by atoms with Gasteiger partial charge in [-0.15, -0.1) is 0 Å². The maximum atomic E-state index is 10.1. The van der Waals surface area contributed by atoms with Crippen LogP contribution in [0.2, 0.25) is 0 Å². The van der Waals surface area contributed by atoms with Gasteiger partial charge in [0.15, 0.2) is 17.5 Å². The van der Waals surface area contributed by atoms with E-state index >= 15 is 0 Å². The fourth-order valence-electron chi connectivity index (χ4n) is 3.40. The van der Waals surface area contributed by atoms with E-state index in [4.69, 9.17) is 19.9 Å². The molecule has 1 aliphatic heterocycles. The molecule has 1 saturated heterocycles. The van der Waals surface area contributed by atoms with Crippen LogP contribution < -0.4 is 10.5 Å². The highest BCUT2D eigenvalue weighted by Gasteiger charge is 2.43. The summed E-state index contributed by atoms with van der Waals surface area (Å²) in [5.74, 6) is 0.280. The molecular formula is C20H25N5O7. The molecule has 3 aromatic rings. The first-order valence-electron chi connectivity index (χ1n) is 10.0. The smallest absolute Gasteiger partial charge is 0.247 e. The number of aliphatic hydroxyl groups excluding tert-OH is 4. The lowest BCUT2D eigenvalue weighted by Gasteiger charge is -2.39. The first kappa shape index (κ1) is 22.3. The van der Waals surface area contributed by atoms with Gasteiger partial charge in [0.1, 0.15) is 31.0 Å². The van der Waals surface area contributed by atoms with Crippen molar-refractivity contribution in [2.45, 2.75) is 43.9 Å². The van der Waals surface area contributed by atoms with E-state index in [0.717, 1.165) is 5.56 Å². The second kappa shape index (κ2) is 9.73. The van der Waals surface area contributed by atoms with Crippen LogP contribution in [0.4, 0.5) is 5.95 Å². The summed E-state index contributed by atoms with van der Waals surface area (Å²) >= 11 is 0. The Hall–Kier alpha value is -2.87. The number of hydrogen-bond acceptors (Lipinski definition) is 11. The van der Waals surface area contributed by atoms with Gasteiger partial charge in [0.2, 0.25) is 11.8 Å². The number of hydrogen-bond donors (Lipinski definition) is 5. The van der Waals surface area contributed by atoms with Gasteiger partial charge < -0.3 is 44.9 Å². The van der Waals surface area contributed by atoms with E-state index in [1.54, 1.807) is 4.57 Å². The molecule has 0 bridgehead atoms. The molecule has 0 amide bonds. The third-order valence-electron chi connectivity index (χ3n) is 5.13. The molecule has 0 spiro atoms. The predicted octanol–water partition coefficient (Wildman–Crippen LogP) is -1.20. The van der Waals surface area contributed by atoms with E-state index < -0.39 is 37.3 Å². The van der Waals surface area contributed by atoms with E-state index in [9.17, 15) is 20.4 Å². The minimum atomic E-state index is -1.50. The van der Waals surface area contributed by atoms with Crippen LogP contribution in [-0.2, 0) is 22.6 Å². The lowest BCUT2D eigenvalue weighted by atomic mass is 9.99. The molecule has 2 aromatic heterocycles. The number of aromatic nitrogens is 4. The zero-order chi connectivity index (χ0) is 22.7. The quantitative estimate of drug-likeness (QED) is 0.280. The summed E-state index contributed by atoms with van der Waals surface area (Å²) in [4.78, 5) is 12.7. The molecule has 12 nitrogen and oxygen atoms in total. The van der Waals surface area contributed by atoms with Gasteiger partial charge in [-0.25, -0.2) is 4.98 Å². The molecule has 172 valence electrons. The second-order valence-corrected chi connectivity index (χ2v) is 7.34. The highest BCUT2D eigenvalue weighted by atomic mass is 16.7. The first-order valence-corrected chi connectivity index (χ1v) is 10.0. The van der Waals surface area contributed by atoms with E-state index in [0.29, 0.717) is 17.8 Å². The molecule has 1 aliphatic rings. The van der Waals surface area contributed by atoms with Crippen molar-refractivity contribution >= 4 is 17.1 Å². The minimum Gasteiger partial charge on any atom is -0.471 e. The van der Waals surface area contributed by atoms with Crippen molar-refractivity contribution in [1.29, 1.82) is 0 Å². The van der Waals surface area contributed by atoms with Crippen LogP contribution in [0.15, 0.2) is 36.7 Å². The van der Waals surface area contributed by atoms with Gasteiger partial charge >= 0.3 is 0 Å². The van der Waals surface area contributed by atoms with E-state index in [2.05, 4.69) is 15.0 Å². The predicted molar refractivity (Wildman–Crippen MR) is 110 cm³/mol. The Kier molecular flexibility index (Phi) is 6.79. The van der Waals surface area contributed by atoms with Crippen LogP contribution >= 0.6 is 0 Å². The summed E-state index contributed by atoms with van der Waals surface area (Å²) in [6.45, 7) is 0.0801. The van der Waals surface area contributed by atoms with Crippen LogP contribution in [0.25, 0.3) is 11.2 Å². The van der Waals surface area contributed by atoms with Crippen molar-refractivity contribution < 1.29 is 34.6 Å². The van der Waals surface area contributed by atoms with Crippen LogP contribution in [0, 0.1) is 0 Å². The van der Waals surface area contributed by atoms with Gasteiger partial charge in [0, 0.05) is 6.54 Å². The lowest BCUT2D eigenvalue weighted by molar-refractivity contribution is -0.301. The number of anilines is 1. The number of nitrogens with two attached hydrogens (primary N) is 1. The number of fused-ring (bicyclic) bond motifs is 1. The largest absolute Gasteiger partial charge is 0.471 e. The third kappa shape index (κ3) is 4.65. The van der Waals surface area contributed by atoms with Crippen LogP contribution in [0.3, 0.4) is 0 Å². The van der Waals surface area contributed by atoms with Crippen molar-refractivity contribution in [2.75, 3.05) is 18.9 Å². The Morgan fingerprint density at radius 3 is 2.59 bits per heavy atom. The van der Waals surface area contributed by atoms with Crippen molar-refractivity contribution in [3.8, 4) is 5.88 Å². The Morgan fingerprint density at radius 2 is 1.84 bits per heavy atom. The zero-order valence-electron chi connectivity index (χ0n) is 17.1. The summed E-state index contributed by atoms with van der Waals surface area (Å²) in [7, 11) is 0. The van der Waals surface area contributed by atoms with E-state index in [1.165, 1.54) is 6.33 Å². The zero-order valence-corrected chi connectivity index (χ0v) is 17.1. The number of benzene rings is 1. The molecule has 3 heterocycles. The summed E-state index contributed by atoms with van der Waals surface area (Å²) in [6.07, 6.45) is -5.14. The van der Waals surface area contributed by atoms with Crippen molar-refractivity contribution in [3.63, 3.8) is 0 Å². The van der Waals surface area contributed by atoms with E-state index in [1.807, 2.05) is 30.3 Å². The maximum Gasteiger partial charge on any atom is 0.247 e. The highest BCUT2D eigenvalue weighted by molar-refractivity contribution is 5.77. The van der Waals surface area contributed by atoms with Crippen LogP contribution in [0.1, 0.15) is 5.56 Å². The fourth-order valence-corrected chi connectivity index (χ4v) is 3.40. The number of ether oxygens (including phenoxy) is 3. The van der Waals surface area contributed by atoms with Gasteiger partial charge in [-0.3, -0.25) is 0 Å². The fraction of sp³-hybridized carbons (Fsp3) is 0.450. The molecule has 1 fully saturated rings. The first-order chi connectivity index (χ1) is 15.5. The summed E-state index contributed by atoms with van der Waals surface area (Å²) in [5, 5.41) is 39.0. The highest BCUT2D eigenvalue weighted by Crippen LogP contribution is 2.24. The number of rotatable bonds is 8. The molecule has 5 atom stereocenters. The Balaban J connectivity index is 1.42. The molecular weight excluding hydrogens is 422 g/mol. The molecule has 0 radical (unpaired) electrons. The minimum absolute atomic E-state index is 0.0252. The lowest BCUT2D eigenvalue weighted by Crippen LogP contribution is -2.59. The average molecular weight is 447 g/mol. The van der Waals surface area contributed by atoms with Crippen molar-refractivity contribution in [2.24, 2.45) is 0 Å². The summed E-state index contributed by atoms with van der Waals surface area (Å²) in [6, 6.07) is 9.59. The molecule has 1 aromatic carbocycles. The average Bonchev–Trinajstić information content (AvgIpc) is 3.21. The van der Waals surface area contributed by atoms with Crippen LogP contribution in [-0.4, -0.2) is 83.9 Å². The van der Waals surface area contributed by atoms with Gasteiger partial charge in [0.05, 0.1) is 19.5 Å². The Bertz CT molecular complexity index is 1030. The molecule has 12 heteroatoms. The topological polar surface area (TPSA) is 178 Å². The van der Waals surface area contributed by atoms with Gasteiger partial charge in [-0.2, -0.15) is 9.97 Å². The van der Waals surface area contributed by atoms with Gasteiger partial charge in [-0.1, -0.05) is 30.3 Å². The SMILES string of the molecule is Nc1nc(OCc2ccccc2)c2ncn(CCO[C@@H]3O[C@H](CO)[C@@H](O)[C@H](O)[C@H]3O)c2n1. The summed E-state index contributed by atoms with van der Waals surface area (Å²) in [5.41, 5.74) is 7.68. The normalized spacial score (nSPS) is 25.8. The molecule has 0 aliphatic carbocycles. The second-order valence-electron chi connectivity index (χ2n) is 7.34. The molecule has 6 N–H and O–H groups in total. The van der Waals surface area contributed by atoms with Crippen molar-refractivity contribution in [3.05, 3.63) is 42.2 Å². The summed E-state index contributed by atoms with van der Waals surface area (Å²) < 4.78 is 18.3. The van der Waals surface area contributed by atoms with Gasteiger partial charge in [-0.05, 0) is 5.56 Å². The van der Waals surface area contributed by atoms with Crippen LogP contribution in [0.5, 0.6) is 5.88 Å². The Morgan fingerprint density at radius 1 is 1.06 bits per heavy atom. The molecule has 0 saturated carbocycles. The van der Waals surface area contributed by atoms with E-state index in [-0.39, 0.29) is 25.0 Å². The molecule has 0 unspecified atom stereocenters. The van der Waals surface area contributed by atoms with Gasteiger partial charge in [0.25, 0.3) is 0 Å². The monoisotopic (exact) mass is 447 g/mol. The molecule has 4 rings (SSSR count). The maximum absolute atomic E-state index is 10.1. The third-order valence-corrected chi connectivity index (χ3v) is 5.13.